The van der Waals surface area contributed by atoms with E-state index in [1.54, 1.807) is 11.0 Å². The van der Waals surface area contributed by atoms with Gasteiger partial charge in [-0.05, 0) is 30.7 Å². The lowest BCUT2D eigenvalue weighted by Gasteiger charge is -2.11. The van der Waals surface area contributed by atoms with Crippen molar-refractivity contribution in [2.75, 3.05) is 13.1 Å². The fourth-order valence-electron chi connectivity index (χ4n) is 2.17. The summed E-state index contributed by atoms with van der Waals surface area (Å²) in [5.41, 5.74) is -0.373. The van der Waals surface area contributed by atoms with E-state index in [-0.39, 0.29) is 11.8 Å². The third-order valence-corrected chi connectivity index (χ3v) is 3.29. The van der Waals surface area contributed by atoms with Crippen molar-refractivity contribution in [1.29, 1.82) is 0 Å². The molecule has 5 heteroatoms. The zero-order valence-corrected chi connectivity index (χ0v) is 11.3. The van der Waals surface area contributed by atoms with E-state index in [1.165, 1.54) is 12.1 Å². The lowest BCUT2D eigenvalue weighted by Crippen LogP contribution is -2.26. The van der Waals surface area contributed by atoms with Crippen molar-refractivity contribution in [2.45, 2.75) is 12.6 Å². The molecule has 1 amide bonds. The van der Waals surface area contributed by atoms with Gasteiger partial charge >= 0.3 is 6.18 Å². The van der Waals surface area contributed by atoms with Crippen molar-refractivity contribution in [3.05, 3.63) is 48.0 Å². The first-order valence-corrected chi connectivity index (χ1v) is 6.50. The van der Waals surface area contributed by atoms with E-state index < -0.39 is 11.7 Å². The van der Waals surface area contributed by atoms with Gasteiger partial charge in [-0.15, -0.1) is 0 Å². The van der Waals surface area contributed by atoms with Crippen LogP contribution in [0.4, 0.5) is 13.2 Å². The zero-order valence-electron chi connectivity index (χ0n) is 11.3. The summed E-state index contributed by atoms with van der Waals surface area (Å²) >= 11 is 0. The molecule has 0 unspecified atom stereocenters. The van der Waals surface area contributed by atoms with Gasteiger partial charge in [0.15, 0.2) is 0 Å². The van der Waals surface area contributed by atoms with Gasteiger partial charge in [0, 0.05) is 24.6 Å². The van der Waals surface area contributed by atoms with Crippen LogP contribution >= 0.6 is 0 Å². The maximum Gasteiger partial charge on any atom is 0.416 e. The van der Waals surface area contributed by atoms with Crippen molar-refractivity contribution < 1.29 is 18.0 Å². The number of alkyl halides is 3. The molecule has 1 aromatic rings. The lowest BCUT2D eigenvalue weighted by molar-refractivity contribution is -0.137. The summed E-state index contributed by atoms with van der Waals surface area (Å²) in [6.07, 6.45) is -2.38. The third kappa shape index (κ3) is 3.88. The second-order valence-electron chi connectivity index (χ2n) is 4.82. The lowest BCUT2D eigenvalue weighted by atomic mass is 10.1. The number of likely N-dealkylation sites (tertiary alicyclic amines) is 1. The largest absolute Gasteiger partial charge is 0.416 e. The molecular weight excluding hydrogens is 279 g/mol. The number of halogens is 3. The topological polar surface area (TPSA) is 20.3 Å². The van der Waals surface area contributed by atoms with Crippen molar-refractivity contribution in [2.24, 2.45) is 5.92 Å². The minimum atomic E-state index is -4.36. The standard InChI is InChI=1S/C16H14F3NO/c1-2-15(21)20-9-8-13(11-20)7-6-12-4-3-5-14(10-12)16(17,18)19/h2-5,10,13H,1,8-9,11H2/t13-/m0/s1. The Kier molecular flexibility index (Phi) is 4.37. The molecule has 1 saturated heterocycles. The molecule has 1 fully saturated rings. The van der Waals surface area contributed by atoms with Gasteiger partial charge in [-0.2, -0.15) is 13.2 Å². The molecule has 21 heavy (non-hydrogen) atoms. The van der Waals surface area contributed by atoms with Gasteiger partial charge in [-0.1, -0.05) is 24.5 Å². The summed E-state index contributed by atoms with van der Waals surface area (Å²) in [4.78, 5) is 13.1. The molecule has 0 spiro atoms. The maximum atomic E-state index is 12.6. The highest BCUT2D eigenvalue weighted by atomic mass is 19.4. The van der Waals surface area contributed by atoms with Crippen molar-refractivity contribution >= 4 is 5.91 Å². The second-order valence-corrected chi connectivity index (χ2v) is 4.82. The minimum absolute atomic E-state index is 0.0107. The summed E-state index contributed by atoms with van der Waals surface area (Å²) < 4.78 is 37.8. The summed E-state index contributed by atoms with van der Waals surface area (Å²) in [6.45, 7) is 4.52. The van der Waals surface area contributed by atoms with Crippen molar-refractivity contribution in [3.63, 3.8) is 0 Å². The predicted octanol–water partition coefficient (Wildman–Crippen LogP) is 3.09. The number of carbonyl (C=O) groups excluding carboxylic acids is 1. The fourth-order valence-corrected chi connectivity index (χ4v) is 2.17. The van der Waals surface area contributed by atoms with Gasteiger partial charge in [0.25, 0.3) is 0 Å². The van der Waals surface area contributed by atoms with Crippen LogP contribution in [0.3, 0.4) is 0 Å². The fraction of sp³-hybridized carbons (Fsp3) is 0.312. The molecule has 1 aliphatic heterocycles. The minimum Gasteiger partial charge on any atom is -0.338 e. The van der Waals surface area contributed by atoms with E-state index in [0.717, 1.165) is 18.6 Å². The SMILES string of the molecule is C=CC(=O)N1CC[C@H](C#Cc2cccc(C(F)(F)F)c2)C1. The van der Waals surface area contributed by atoms with Crippen LogP contribution in [-0.2, 0) is 11.0 Å². The molecule has 2 nitrogen and oxygen atoms in total. The summed E-state index contributed by atoms with van der Waals surface area (Å²) in [7, 11) is 0. The first-order chi connectivity index (χ1) is 9.90. The van der Waals surface area contributed by atoms with E-state index >= 15 is 0 Å². The third-order valence-electron chi connectivity index (χ3n) is 3.29. The van der Waals surface area contributed by atoms with Gasteiger partial charge in [0.05, 0.1) is 5.56 Å². The molecule has 0 bridgehead atoms. The van der Waals surface area contributed by atoms with Crippen LogP contribution in [0.15, 0.2) is 36.9 Å². The Hall–Kier alpha value is -2.22. The number of amides is 1. The number of benzene rings is 1. The van der Waals surface area contributed by atoms with Gasteiger partial charge in [-0.25, -0.2) is 0 Å². The van der Waals surface area contributed by atoms with Crippen molar-refractivity contribution in [3.8, 4) is 11.8 Å². The quantitative estimate of drug-likeness (QED) is 0.575. The van der Waals surface area contributed by atoms with Gasteiger partial charge in [0.1, 0.15) is 0 Å². The summed E-state index contributed by atoms with van der Waals surface area (Å²) in [5.74, 6) is 5.55. The normalized spacial score (nSPS) is 18.0. The molecule has 0 radical (unpaired) electrons. The monoisotopic (exact) mass is 293 g/mol. The molecule has 1 atom stereocenters. The highest BCUT2D eigenvalue weighted by molar-refractivity contribution is 5.87. The van der Waals surface area contributed by atoms with Crippen LogP contribution in [0.5, 0.6) is 0 Å². The molecule has 110 valence electrons. The molecule has 1 aliphatic rings. The number of hydrogen-bond acceptors (Lipinski definition) is 1. The van der Waals surface area contributed by atoms with Crippen LogP contribution in [0, 0.1) is 17.8 Å². The summed E-state index contributed by atoms with van der Waals surface area (Å²) in [6, 6.07) is 4.94. The molecular formula is C16H14F3NO. The molecule has 2 rings (SSSR count). The Labute approximate surface area is 121 Å². The van der Waals surface area contributed by atoms with E-state index in [4.69, 9.17) is 0 Å². The average molecular weight is 293 g/mol. The van der Waals surface area contributed by atoms with Gasteiger partial charge < -0.3 is 4.90 Å². The van der Waals surface area contributed by atoms with Crippen LogP contribution in [-0.4, -0.2) is 23.9 Å². The number of rotatable bonds is 1. The Balaban J connectivity index is 2.07. The number of hydrogen-bond donors (Lipinski definition) is 0. The molecule has 0 saturated carbocycles. The first kappa shape index (κ1) is 15.2. The molecule has 1 heterocycles. The van der Waals surface area contributed by atoms with Gasteiger partial charge in [-0.3, -0.25) is 4.79 Å². The average Bonchev–Trinajstić information content (AvgIpc) is 2.92. The molecule has 1 aromatic carbocycles. The first-order valence-electron chi connectivity index (χ1n) is 6.50. The maximum absolute atomic E-state index is 12.6. The summed E-state index contributed by atoms with van der Waals surface area (Å²) in [5, 5.41) is 0. The molecule has 0 N–H and O–H groups in total. The zero-order chi connectivity index (χ0) is 15.5. The van der Waals surface area contributed by atoms with Crippen LogP contribution in [0.2, 0.25) is 0 Å². The Morgan fingerprint density at radius 2 is 2.19 bits per heavy atom. The van der Waals surface area contributed by atoms with Crippen molar-refractivity contribution in [1.82, 2.24) is 4.90 Å². The van der Waals surface area contributed by atoms with E-state index in [9.17, 15) is 18.0 Å². The van der Waals surface area contributed by atoms with Gasteiger partial charge in [0.2, 0.25) is 5.91 Å². The highest BCUT2D eigenvalue weighted by Crippen LogP contribution is 2.29. The highest BCUT2D eigenvalue weighted by Gasteiger charge is 2.30. The van der Waals surface area contributed by atoms with Crippen LogP contribution in [0.25, 0.3) is 0 Å². The van der Waals surface area contributed by atoms with E-state index in [2.05, 4.69) is 18.4 Å². The van der Waals surface area contributed by atoms with Crippen LogP contribution in [0.1, 0.15) is 17.5 Å². The molecule has 0 aliphatic carbocycles. The second kappa shape index (κ2) is 6.04. The Morgan fingerprint density at radius 3 is 2.86 bits per heavy atom. The predicted molar refractivity (Wildman–Crippen MR) is 73.2 cm³/mol. The van der Waals surface area contributed by atoms with Crippen LogP contribution < -0.4 is 0 Å². The number of carbonyl (C=O) groups is 1. The van der Waals surface area contributed by atoms with E-state index in [0.29, 0.717) is 18.7 Å². The number of nitrogens with zero attached hydrogens (tertiary/aromatic N) is 1. The Bertz CT molecular complexity index is 610. The Morgan fingerprint density at radius 1 is 1.43 bits per heavy atom. The molecule has 0 aromatic heterocycles. The smallest absolute Gasteiger partial charge is 0.338 e. The van der Waals surface area contributed by atoms with E-state index in [1.807, 2.05) is 0 Å².